The Balaban J connectivity index is 1.86. The van der Waals surface area contributed by atoms with Gasteiger partial charge in [-0.3, -0.25) is 0 Å². The van der Waals surface area contributed by atoms with E-state index in [2.05, 4.69) is 0 Å². The van der Waals surface area contributed by atoms with E-state index in [1.54, 1.807) is 6.08 Å². The highest BCUT2D eigenvalue weighted by Gasteiger charge is 2.01. The van der Waals surface area contributed by atoms with E-state index in [4.69, 9.17) is 21.4 Å². The molecule has 0 fully saturated rings. The number of halogens is 1. The highest BCUT2D eigenvalue weighted by molar-refractivity contribution is 7.10. The van der Waals surface area contributed by atoms with Gasteiger partial charge in [-0.1, -0.05) is 29.8 Å². The molecule has 0 unspecified atom stereocenters. The predicted octanol–water partition coefficient (Wildman–Crippen LogP) is 4.22. The van der Waals surface area contributed by atoms with Crippen molar-refractivity contribution < 1.29 is 14.6 Å². The zero-order valence-corrected chi connectivity index (χ0v) is 12.2. The topological polar surface area (TPSA) is 46.5 Å². The summed E-state index contributed by atoms with van der Waals surface area (Å²) in [6, 6.07) is 9.48. The minimum atomic E-state index is -0.951. The fourth-order valence-electron chi connectivity index (χ4n) is 1.61. The van der Waals surface area contributed by atoms with Gasteiger partial charge in [0, 0.05) is 16.0 Å². The van der Waals surface area contributed by atoms with Gasteiger partial charge in [-0.15, -0.1) is 11.3 Å². The van der Waals surface area contributed by atoms with Crippen LogP contribution in [0.1, 0.15) is 16.0 Å². The van der Waals surface area contributed by atoms with Crippen molar-refractivity contribution in [2.75, 3.05) is 0 Å². The average molecular weight is 309 g/mol. The maximum absolute atomic E-state index is 10.4. The summed E-state index contributed by atoms with van der Waals surface area (Å²) in [5.74, 6) is -0.951. The van der Waals surface area contributed by atoms with E-state index < -0.39 is 5.97 Å². The summed E-state index contributed by atoms with van der Waals surface area (Å²) >= 11 is 7.58. The Morgan fingerprint density at radius 1 is 1.35 bits per heavy atom. The molecule has 104 valence electrons. The van der Waals surface area contributed by atoms with Crippen molar-refractivity contribution in [1.82, 2.24) is 0 Å². The van der Waals surface area contributed by atoms with Crippen molar-refractivity contribution in [3.05, 3.63) is 62.8 Å². The molecule has 0 aliphatic rings. The lowest BCUT2D eigenvalue weighted by Gasteiger charge is -2.04. The van der Waals surface area contributed by atoms with Crippen LogP contribution in [0.4, 0.5) is 0 Å². The largest absolute Gasteiger partial charge is 0.478 e. The Hall–Kier alpha value is -1.62. The second kappa shape index (κ2) is 7.24. The summed E-state index contributed by atoms with van der Waals surface area (Å²) in [5.41, 5.74) is 1.82. The first kappa shape index (κ1) is 14.8. The second-order valence-electron chi connectivity index (χ2n) is 4.10. The van der Waals surface area contributed by atoms with Crippen LogP contribution in [-0.2, 0) is 22.7 Å². The number of rotatable bonds is 6. The molecule has 0 spiro atoms. The fraction of sp³-hybridized carbons (Fsp3) is 0.133. The first-order valence-corrected chi connectivity index (χ1v) is 7.20. The van der Waals surface area contributed by atoms with E-state index in [0.29, 0.717) is 18.2 Å². The van der Waals surface area contributed by atoms with Gasteiger partial charge in [0.25, 0.3) is 0 Å². The molecule has 0 aliphatic heterocycles. The van der Waals surface area contributed by atoms with Gasteiger partial charge in [0.05, 0.1) is 13.2 Å². The fourth-order valence-corrected chi connectivity index (χ4v) is 2.59. The Morgan fingerprint density at radius 2 is 2.15 bits per heavy atom. The number of carbonyl (C=O) groups is 1. The number of thiophene rings is 1. The molecular formula is C15H13ClO3S. The van der Waals surface area contributed by atoms with Gasteiger partial charge < -0.3 is 9.84 Å². The van der Waals surface area contributed by atoms with Gasteiger partial charge >= 0.3 is 5.97 Å². The van der Waals surface area contributed by atoms with Gasteiger partial charge in [-0.25, -0.2) is 4.79 Å². The number of ether oxygens (including phenoxy) is 1. The Bertz CT molecular complexity index is 619. The third-order valence-corrected chi connectivity index (χ3v) is 3.85. The lowest BCUT2D eigenvalue weighted by Crippen LogP contribution is -1.93. The first-order valence-electron chi connectivity index (χ1n) is 5.95. The highest BCUT2D eigenvalue weighted by Crippen LogP contribution is 2.19. The Labute approximate surface area is 126 Å². The summed E-state index contributed by atoms with van der Waals surface area (Å²) in [5, 5.41) is 11.1. The number of hydrogen-bond donors (Lipinski definition) is 1. The molecule has 0 radical (unpaired) electrons. The number of hydrogen-bond acceptors (Lipinski definition) is 3. The molecule has 2 aromatic rings. The molecule has 0 saturated carbocycles. The number of carboxylic acids is 1. The van der Waals surface area contributed by atoms with E-state index in [1.165, 1.54) is 11.3 Å². The summed E-state index contributed by atoms with van der Waals surface area (Å²) in [7, 11) is 0. The van der Waals surface area contributed by atoms with Crippen LogP contribution in [-0.4, -0.2) is 11.1 Å². The molecule has 1 aromatic heterocycles. The third-order valence-electron chi connectivity index (χ3n) is 2.55. The van der Waals surface area contributed by atoms with Crippen LogP contribution in [0, 0.1) is 0 Å². The van der Waals surface area contributed by atoms with Gasteiger partial charge in [-0.05, 0) is 34.7 Å². The van der Waals surface area contributed by atoms with E-state index in [9.17, 15) is 4.79 Å². The van der Waals surface area contributed by atoms with Crippen molar-refractivity contribution in [2.45, 2.75) is 13.2 Å². The Morgan fingerprint density at radius 3 is 2.90 bits per heavy atom. The zero-order chi connectivity index (χ0) is 14.4. The third kappa shape index (κ3) is 4.49. The van der Waals surface area contributed by atoms with Crippen LogP contribution >= 0.6 is 22.9 Å². The second-order valence-corrected chi connectivity index (χ2v) is 5.51. The maximum atomic E-state index is 10.4. The van der Waals surface area contributed by atoms with Crippen LogP contribution < -0.4 is 0 Å². The van der Waals surface area contributed by atoms with Crippen molar-refractivity contribution in [3.63, 3.8) is 0 Å². The number of benzene rings is 1. The molecule has 0 bridgehead atoms. The van der Waals surface area contributed by atoms with Crippen molar-refractivity contribution in [2.24, 2.45) is 0 Å². The molecule has 20 heavy (non-hydrogen) atoms. The minimum absolute atomic E-state index is 0.456. The lowest BCUT2D eigenvalue weighted by molar-refractivity contribution is -0.131. The normalized spacial score (nSPS) is 11.1. The van der Waals surface area contributed by atoms with Crippen LogP contribution in [0.5, 0.6) is 0 Å². The molecule has 0 atom stereocenters. The van der Waals surface area contributed by atoms with E-state index >= 15 is 0 Å². The Kier molecular flexibility index (Phi) is 5.35. The first-order chi connectivity index (χ1) is 9.65. The van der Waals surface area contributed by atoms with Crippen LogP contribution in [0.15, 0.2) is 41.8 Å². The summed E-state index contributed by atoms with van der Waals surface area (Å²) in [6.45, 7) is 0.939. The SMILES string of the molecule is O=C(O)C=Cc1csc(COCc2ccccc2Cl)c1. The predicted molar refractivity (Wildman–Crippen MR) is 80.9 cm³/mol. The smallest absolute Gasteiger partial charge is 0.328 e. The summed E-state index contributed by atoms with van der Waals surface area (Å²) < 4.78 is 5.61. The molecule has 0 saturated heterocycles. The average Bonchev–Trinajstić information content (AvgIpc) is 2.87. The van der Waals surface area contributed by atoms with Crippen molar-refractivity contribution in [1.29, 1.82) is 0 Å². The highest BCUT2D eigenvalue weighted by atomic mass is 35.5. The van der Waals surface area contributed by atoms with E-state index in [0.717, 1.165) is 22.1 Å². The molecule has 1 N–H and O–H groups in total. The maximum Gasteiger partial charge on any atom is 0.328 e. The summed E-state index contributed by atoms with van der Waals surface area (Å²) in [6.07, 6.45) is 2.69. The van der Waals surface area contributed by atoms with Crippen molar-refractivity contribution in [3.8, 4) is 0 Å². The van der Waals surface area contributed by atoms with Gasteiger partial charge in [0.15, 0.2) is 0 Å². The number of carboxylic acid groups (broad SMARTS) is 1. The molecule has 1 aromatic carbocycles. The molecule has 1 heterocycles. The molecule has 3 nitrogen and oxygen atoms in total. The standard InChI is InChI=1S/C15H13ClO3S/c16-14-4-2-1-3-12(14)8-19-9-13-7-11(10-20-13)5-6-15(17)18/h1-7,10H,8-9H2,(H,17,18). The number of aliphatic carboxylic acids is 1. The van der Waals surface area contributed by atoms with E-state index in [-0.39, 0.29) is 0 Å². The summed E-state index contributed by atoms with van der Waals surface area (Å²) in [4.78, 5) is 11.5. The minimum Gasteiger partial charge on any atom is -0.478 e. The van der Waals surface area contributed by atoms with Crippen molar-refractivity contribution >= 4 is 35.0 Å². The monoisotopic (exact) mass is 308 g/mol. The van der Waals surface area contributed by atoms with Crippen LogP contribution in [0.3, 0.4) is 0 Å². The van der Waals surface area contributed by atoms with Crippen LogP contribution in [0.25, 0.3) is 6.08 Å². The quantitative estimate of drug-likeness (QED) is 0.813. The molecule has 0 aliphatic carbocycles. The molecule has 2 rings (SSSR count). The van der Waals surface area contributed by atoms with Crippen LogP contribution in [0.2, 0.25) is 5.02 Å². The zero-order valence-electron chi connectivity index (χ0n) is 10.6. The van der Waals surface area contributed by atoms with Gasteiger partial charge in [-0.2, -0.15) is 0 Å². The van der Waals surface area contributed by atoms with E-state index in [1.807, 2.05) is 35.7 Å². The van der Waals surface area contributed by atoms with Gasteiger partial charge in [0.1, 0.15) is 0 Å². The molecule has 0 amide bonds. The molecule has 5 heteroatoms. The lowest BCUT2D eigenvalue weighted by atomic mass is 10.2. The molecular weight excluding hydrogens is 296 g/mol. The van der Waals surface area contributed by atoms with Gasteiger partial charge in [0.2, 0.25) is 0 Å².